The van der Waals surface area contributed by atoms with Gasteiger partial charge in [0.15, 0.2) is 0 Å². The van der Waals surface area contributed by atoms with Gasteiger partial charge < -0.3 is 0 Å². The second-order valence-corrected chi connectivity index (χ2v) is 4.74. The SMILES string of the molecule is CC.CC.CC(C)Cc1ccccc1.Cc1ccccc1. The van der Waals surface area contributed by atoms with E-state index in [1.54, 1.807) is 0 Å². The molecule has 0 unspecified atom stereocenters. The molecule has 0 amide bonds. The van der Waals surface area contributed by atoms with Gasteiger partial charge in [0.25, 0.3) is 0 Å². The zero-order valence-corrected chi connectivity index (χ0v) is 15.1. The lowest BCUT2D eigenvalue weighted by atomic mass is 10.0. The lowest BCUT2D eigenvalue weighted by Gasteiger charge is -2.02. The van der Waals surface area contributed by atoms with Crippen molar-refractivity contribution in [3.05, 3.63) is 71.8 Å². The van der Waals surface area contributed by atoms with Crippen LogP contribution >= 0.6 is 0 Å². The first-order valence-electron chi connectivity index (χ1n) is 8.24. The normalized spacial score (nSPS) is 8.38. The molecule has 2 aromatic carbocycles. The summed E-state index contributed by atoms with van der Waals surface area (Å²) in [6, 6.07) is 20.9. The Labute approximate surface area is 133 Å². The molecule has 0 bridgehead atoms. The Morgan fingerprint density at radius 2 is 1.05 bits per heavy atom. The van der Waals surface area contributed by atoms with Crippen LogP contribution in [0.1, 0.15) is 52.7 Å². The van der Waals surface area contributed by atoms with Crippen molar-refractivity contribution in [1.29, 1.82) is 0 Å². The van der Waals surface area contributed by atoms with Crippen LogP contribution in [0.15, 0.2) is 60.7 Å². The molecule has 0 spiro atoms. The largest absolute Gasteiger partial charge is 0.0683 e. The van der Waals surface area contributed by atoms with Gasteiger partial charge >= 0.3 is 0 Å². The number of aryl methyl sites for hydroxylation is 1. The quantitative estimate of drug-likeness (QED) is 0.561. The number of rotatable bonds is 2. The summed E-state index contributed by atoms with van der Waals surface area (Å²) in [6.45, 7) is 14.6. The third-order valence-corrected chi connectivity index (χ3v) is 2.43. The molecule has 0 heteroatoms. The summed E-state index contributed by atoms with van der Waals surface area (Å²) in [5, 5.41) is 0. The van der Waals surface area contributed by atoms with Crippen molar-refractivity contribution in [2.75, 3.05) is 0 Å². The molecular formula is C21H34. The zero-order chi connectivity index (χ0) is 16.5. The van der Waals surface area contributed by atoms with Gasteiger partial charge in [-0.15, -0.1) is 0 Å². The molecule has 0 atom stereocenters. The summed E-state index contributed by atoms with van der Waals surface area (Å²) < 4.78 is 0. The average Bonchev–Trinajstić information content (AvgIpc) is 2.53. The fourth-order valence-corrected chi connectivity index (χ4v) is 1.62. The van der Waals surface area contributed by atoms with Crippen molar-refractivity contribution in [3.8, 4) is 0 Å². The van der Waals surface area contributed by atoms with Crippen LogP contribution in [0.5, 0.6) is 0 Å². The molecule has 2 aromatic rings. The average molecular weight is 287 g/mol. The second-order valence-electron chi connectivity index (χ2n) is 4.74. The Bertz CT molecular complexity index is 387. The van der Waals surface area contributed by atoms with Gasteiger partial charge in [-0.3, -0.25) is 0 Å². The summed E-state index contributed by atoms with van der Waals surface area (Å²) >= 11 is 0. The van der Waals surface area contributed by atoms with Gasteiger partial charge in [0.2, 0.25) is 0 Å². The van der Waals surface area contributed by atoms with E-state index in [-0.39, 0.29) is 0 Å². The smallest absolute Gasteiger partial charge is 0.0256 e. The van der Waals surface area contributed by atoms with E-state index in [9.17, 15) is 0 Å². The minimum Gasteiger partial charge on any atom is -0.0683 e. The maximum absolute atomic E-state index is 2.24. The number of hydrogen-bond donors (Lipinski definition) is 0. The molecule has 0 aliphatic carbocycles. The highest BCUT2D eigenvalue weighted by Gasteiger charge is 1.94. The molecule has 118 valence electrons. The molecule has 0 aromatic heterocycles. The van der Waals surface area contributed by atoms with E-state index in [0.29, 0.717) is 0 Å². The van der Waals surface area contributed by atoms with Crippen LogP contribution in [-0.2, 0) is 6.42 Å². The summed E-state index contributed by atoms with van der Waals surface area (Å²) in [6.07, 6.45) is 1.20. The molecule has 0 aliphatic rings. The highest BCUT2D eigenvalue weighted by atomic mass is 14.0. The van der Waals surface area contributed by atoms with Crippen molar-refractivity contribution in [2.45, 2.75) is 54.9 Å². The van der Waals surface area contributed by atoms with Crippen LogP contribution in [-0.4, -0.2) is 0 Å². The third-order valence-electron chi connectivity index (χ3n) is 2.43. The molecule has 0 saturated heterocycles. The number of hydrogen-bond acceptors (Lipinski definition) is 0. The molecule has 0 nitrogen and oxygen atoms in total. The highest BCUT2D eigenvalue weighted by molar-refractivity contribution is 5.14. The molecule has 0 aliphatic heterocycles. The predicted molar refractivity (Wildman–Crippen MR) is 98.9 cm³/mol. The lowest BCUT2D eigenvalue weighted by Crippen LogP contribution is -1.92. The van der Waals surface area contributed by atoms with Crippen LogP contribution in [0.4, 0.5) is 0 Å². The summed E-state index contributed by atoms with van der Waals surface area (Å²) in [7, 11) is 0. The minimum atomic E-state index is 0.766. The first-order chi connectivity index (χ1) is 10.2. The monoisotopic (exact) mass is 286 g/mol. The van der Waals surface area contributed by atoms with Gasteiger partial charge in [-0.05, 0) is 24.8 Å². The van der Waals surface area contributed by atoms with Crippen molar-refractivity contribution >= 4 is 0 Å². The Kier molecular flexibility index (Phi) is 17.1. The first kappa shape index (κ1) is 21.7. The predicted octanol–water partition coefficient (Wildman–Crippen LogP) is 6.93. The molecule has 0 N–H and O–H groups in total. The van der Waals surface area contributed by atoms with Crippen LogP contribution in [0.3, 0.4) is 0 Å². The van der Waals surface area contributed by atoms with Gasteiger partial charge in [0, 0.05) is 0 Å². The van der Waals surface area contributed by atoms with Crippen LogP contribution < -0.4 is 0 Å². The van der Waals surface area contributed by atoms with Crippen molar-refractivity contribution < 1.29 is 0 Å². The zero-order valence-electron chi connectivity index (χ0n) is 15.1. The molecule has 21 heavy (non-hydrogen) atoms. The van der Waals surface area contributed by atoms with Crippen molar-refractivity contribution in [3.63, 3.8) is 0 Å². The van der Waals surface area contributed by atoms with Gasteiger partial charge in [0.05, 0.1) is 0 Å². The Morgan fingerprint density at radius 3 is 1.33 bits per heavy atom. The third kappa shape index (κ3) is 14.7. The van der Waals surface area contributed by atoms with Crippen molar-refractivity contribution in [1.82, 2.24) is 0 Å². The second kappa shape index (κ2) is 16.5. The van der Waals surface area contributed by atoms with Gasteiger partial charge in [0.1, 0.15) is 0 Å². The lowest BCUT2D eigenvalue weighted by molar-refractivity contribution is 0.647. The van der Waals surface area contributed by atoms with E-state index in [1.807, 2.05) is 45.9 Å². The fourth-order valence-electron chi connectivity index (χ4n) is 1.62. The summed E-state index contributed by atoms with van der Waals surface area (Å²) in [4.78, 5) is 0. The molecular weight excluding hydrogens is 252 g/mol. The molecule has 0 radical (unpaired) electrons. The van der Waals surface area contributed by atoms with Crippen LogP contribution in [0.2, 0.25) is 0 Å². The van der Waals surface area contributed by atoms with E-state index < -0.39 is 0 Å². The topological polar surface area (TPSA) is 0 Å². The van der Waals surface area contributed by atoms with E-state index in [1.165, 1.54) is 17.5 Å². The highest BCUT2D eigenvalue weighted by Crippen LogP contribution is 2.06. The first-order valence-corrected chi connectivity index (χ1v) is 8.24. The Balaban J connectivity index is 0. The molecule has 0 heterocycles. The maximum Gasteiger partial charge on any atom is -0.0256 e. The molecule has 2 rings (SSSR count). The summed E-state index contributed by atoms with van der Waals surface area (Å²) in [5.74, 6) is 0.766. The standard InChI is InChI=1S/C10H14.C7H8.2C2H6/c1-9(2)8-10-6-4-3-5-7-10;1-7-5-3-2-4-6-7;2*1-2/h3-7,9H,8H2,1-2H3;2-6H,1H3;2*1-2H3. The van der Waals surface area contributed by atoms with Gasteiger partial charge in [-0.25, -0.2) is 0 Å². The Morgan fingerprint density at radius 1 is 0.667 bits per heavy atom. The molecule has 0 fully saturated rings. The fraction of sp³-hybridized carbons (Fsp3) is 0.429. The number of benzene rings is 2. The van der Waals surface area contributed by atoms with E-state index in [2.05, 4.69) is 63.2 Å². The van der Waals surface area contributed by atoms with E-state index >= 15 is 0 Å². The van der Waals surface area contributed by atoms with Crippen LogP contribution in [0.25, 0.3) is 0 Å². The van der Waals surface area contributed by atoms with Crippen LogP contribution in [0, 0.1) is 12.8 Å². The van der Waals surface area contributed by atoms with Gasteiger partial charge in [-0.1, -0.05) is 108 Å². The van der Waals surface area contributed by atoms with Gasteiger partial charge in [-0.2, -0.15) is 0 Å². The minimum absolute atomic E-state index is 0.766. The van der Waals surface area contributed by atoms with E-state index in [0.717, 1.165) is 5.92 Å². The maximum atomic E-state index is 2.24. The summed E-state index contributed by atoms with van der Waals surface area (Å²) in [5.41, 5.74) is 2.76. The van der Waals surface area contributed by atoms with Crippen molar-refractivity contribution in [2.24, 2.45) is 5.92 Å². The molecule has 0 saturated carbocycles. The van der Waals surface area contributed by atoms with E-state index in [4.69, 9.17) is 0 Å². The Hall–Kier alpha value is -1.56.